The van der Waals surface area contributed by atoms with Crippen molar-refractivity contribution < 1.29 is 8.78 Å². The van der Waals surface area contributed by atoms with Crippen LogP contribution in [0.25, 0.3) is 0 Å². The first kappa shape index (κ1) is 13.5. The summed E-state index contributed by atoms with van der Waals surface area (Å²) in [6.45, 7) is 6.02. The van der Waals surface area contributed by atoms with Crippen molar-refractivity contribution in [1.29, 1.82) is 0 Å². The molecule has 2 rings (SSSR count). The smallest absolute Gasteiger partial charge is 0.129 e. The lowest BCUT2D eigenvalue weighted by Crippen LogP contribution is -2.48. The van der Waals surface area contributed by atoms with Crippen LogP contribution in [0.15, 0.2) is 18.2 Å². The zero-order valence-corrected chi connectivity index (χ0v) is 11.1. The largest absolute Gasteiger partial charge is 0.316 e. The Kier molecular flexibility index (Phi) is 4.00. The summed E-state index contributed by atoms with van der Waals surface area (Å²) in [6.07, 6.45) is 3.02. The van der Waals surface area contributed by atoms with Gasteiger partial charge < -0.3 is 5.32 Å². The average Bonchev–Trinajstić information content (AvgIpc) is 2.26. The standard InChI is InChI=1S/C15H21F2N/c1-3-6-18-10-15(8-11(2)9-15)13-5-4-12(16)7-14(13)17/h4-5,7,11,18H,3,6,8-10H2,1-2H3. The third-order valence-electron chi connectivity index (χ3n) is 3.87. The van der Waals surface area contributed by atoms with Gasteiger partial charge in [-0.15, -0.1) is 0 Å². The molecule has 0 unspecified atom stereocenters. The maximum atomic E-state index is 13.9. The van der Waals surface area contributed by atoms with Crippen molar-refractivity contribution in [2.45, 2.75) is 38.5 Å². The zero-order valence-electron chi connectivity index (χ0n) is 11.1. The second kappa shape index (κ2) is 5.35. The molecular formula is C15H21F2N. The number of hydrogen-bond donors (Lipinski definition) is 1. The molecule has 0 aliphatic heterocycles. The van der Waals surface area contributed by atoms with E-state index in [1.807, 2.05) is 0 Å². The molecule has 3 heteroatoms. The molecule has 0 radical (unpaired) electrons. The molecule has 0 saturated heterocycles. The summed E-state index contributed by atoms with van der Waals surface area (Å²) in [5, 5.41) is 3.38. The quantitative estimate of drug-likeness (QED) is 0.790. The monoisotopic (exact) mass is 253 g/mol. The maximum Gasteiger partial charge on any atom is 0.129 e. The van der Waals surface area contributed by atoms with Gasteiger partial charge in [0.25, 0.3) is 0 Å². The minimum absolute atomic E-state index is 0.133. The Hall–Kier alpha value is -0.960. The summed E-state index contributed by atoms with van der Waals surface area (Å²) in [6, 6.07) is 3.98. The van der Waals surface area contributed by atoms with Crippen molar-refractivity contribution in [2.75, 3.05) is 13.1 Å². The number of halogens is 2. The summed E-state index contributed by atoms with van der Waals surface area (Å²) in [4.78, 5) is 0. The van der Waals surface area contributed by atoms with Crippen LogP contribution in [0.3, 0.4) is 0 Å². The van der Waals surface area contributed by atoms with E-state index in [4.69, 9.17) is 0 Å². The van der Waals surface area contributed by atoms with Gasteiger partial charge in [-0.05, 0) is 43.4 Å². The summed E-state index contributed by atoms with van der Waals surface area (Å²) in [5.74, 6) is -0.279. The van der Waals surface area contributed by atoms with Crippen LogP contribution in [0.1, 0.15) is 38.7 Å². The SMILES string of the molecule is CCCNCC1(c2ccc(F)cc2F)CC(C)C1. The maximum absolute atomic E-state index is 13.9. The van der Waals surface area contributed by atoms with E-state index in [0.29, 0.717) is 11.5 Å². The molecule has 1 aliphatic carbocycles. The molecule has 1 aliphatic rings. The normalized spacial score (nSPS) is 27.0. The van der Waals surface area contributed by atoms with Crippen LogP contribution < -0.4 is 5.32 Å². The molecule has 1 aromatic rings. The highest BCUT2D eigenvalue weighted by atomic mass is 19.1. The molecule has 0 bridgehead atoms. The Morgan fingerprint density at radius 3 is 2.61 bits per heavy atom. The van der Waals surface area contributed by atoms with Crippen LogP contribution in [0.2, 0.25) is 0 Å². The van der Waals surface area contributed by atoms with Crippen LogP contribution in [0.5, 0.6) is 0 Å². The van der Waals surface area contributed by atoms with Crippen molar-refractivity contribution in [3.05, 3.63) is 35.4 Å². The highest BCUT2D eigenvalue weighted by Gasteiger charge is 2.44. The average molecular weight is 253 g/mol. The number of hydrogen-bond acceptors (Lipinski definition) is 1. The van der Waals surface area contributed by atoms with Gasteiger partial charge >= 0.3 is 0 Å². The van der Waals surface area contributed by atoms with Crippen LogP contribution in [-0.4, -0.2) is 13.1 Å². The Morgan fingerprint density at radius 1 is 1.33 bits per heavy atom. The minimum atomic E-state index is -0.500. The van der Waals surface area contributed by atoms with Crippen molar-refractivity contribution >= 4 is 0 Å². The molecule has 0 heterocycles. The fourth-order valence-electron chi connectivity index (χ4n) is 3.16. The molecule has 0 amide bonds. The Labute approximate surface area is 108 Å². The summed E-state index contributed by atoms with van der Waals surface area (Å²) in [7, 11) is 0. The van der Waals surface area contributed by atoms with Crippen LogP contribution in [0.4, 0.5) is 8.78 Å². The van der Waals surface area contributed by atoms with E-state index >= 15 is 0 Å². The van der Waals surface area contributed by atoms with Gasteiger partial charge in [-0.25, -0.2) is 8.78 Å². The molecule has 100 valence electrons. The van der Waals surface area contributed by atoms with Gasteiger partial charge in [0.05, 0.1) is 0 Å². The highest BCUT2D eigenvalue weighted by Crippen LogP contribution is 2.48. The van der Waals surface area contributed by atoms with E-state index in [2.05, 4.69) is 19.2 Å². The number of benzene rings is 1. The molecule has 1 fully saturated rings. The molecule has 0 aromatic heterocycles. The van der Waals surface area contributed by atoms with E-state index in [1.165, 1.54) is 6.07 Å². The van der Waals surface area contributed by atoms with E-state index in [-0.39, 0.29) is 5.41 Å². The lowest BCUT2D eigenvalue weighted by molar-refractivity contribution is 0.148. The molecule has 18 heavy (non-hydrogen) atoms. The predicted molar refractivity (Wildman–Crippen MR) is 69.6 cm³/mol. The summed E-state index contributed by atoms with van der Waals surface area (Å²) >= 11 is 0. The molecule has 1 saturated carbocycles. The minimum Gasteiger partial charge on any atom is -0.316 e. The van der Waals surface area contributed by atoms with Crippen LogP contribution in [0, 0.1) is 17.6 Å². The molecular weight excluding hydrogens is 232 g/mol. The third-order valence-corrected chi connectivity index (χ3v) is 3.87. The first-order chi connectivity index (χ1) is 8.57. The van der Waals surface area contributed by atoms with Gasteiger partial charge in [-0.1, -0.05) is 19.9 Å². The molecule has 1 aromatic carbocycles. The van der Waals surface area contributed by atoms with Gasteiger partial charge in [-0.3, -0.25) is 0 Å². The summed E-state index contributed by atoms with van der Waals surface area (Å²) < 4.78 is 26.9. The van der Waals surface area contributed by atoms with Gasteiger partial charge in [-0.2, -0.15) is 0 Å². The molecule has 0 atom stereocenters. The zero-order chi connectivity index (χ0) is 13.2. The first-order valence-electron chi connectivity index (χ1n) is 6.73. The van der Waals surface area contributed by atoms with Crippen LogP contribution in [-0.2, 0) is 5.41 Å². The van der Waals surface area contributed by atoms with Gasteiger partial charge in [0.1, 0.15) is 11.6 Å². The number of nitrogens with one attached hydrogen (secondary N) is 1. The summed E-state index contributed by atoms with van der Waals surface area (Å²) in [5.41, 5.74) is 0.539. The Bertz CT molecular complexity index is 411. The molecule has 1 nitrogen and oxygen atoms in total. The second-order valence-corrected chi connectivity index (χ2v) is 5.59. The topological polar surface area (TPSA) is 12.0 Å². The Balaban J connectivity index is 2.19. The fraction of sp³-hybridized carbons (Fsp3) is 0.600. The fourth-order valence-corrected chi connectivity index (χ4v) is 3.16. The number of rotatable bonds is 5. The van der Waals surface area contributed by atoms with Gasteiger partial charge in [0, 0.05) is 18.0 Å². The van der Waals surface area contributed by atoms with Gasteiger partial charge in [0.15, 0.2) is 0 Å². The van der Waals surface area contributed by atoms with E-state index < -0.39 is 11.6 Å². The highest BCUT2D eigenvalue weighted by molar-refractivity contribution is 5.31. The molecule has 1 N–H and O–H groups in total. The Morgan fingerprint density at radius 2 is 2.06 bits per heavy atom. The van der Waals surface area contributed by atoms with Crippen molar-refractivity contribution in [2.24, 2.45) is 5.92 Å². The lowest BCUT2D eigenvalue weighted by Gasteiger charge is -2.47. The third kappa shape index (κ3) is 2.56. The van der Waals surface area contributed by atoms with Crippen molar-refractivity contribution in [1.82, 2.24) is 5.32 Å². The van der Waals surface area contributed by atoms with Crippen molar-refractivity contribution in [3.63, 3.8) is 0 Å². The second-order valence-electron chi connectivity index (χ2n) is 5.59. The van der Waals surface area contributed by atoms with Gasteiger partial charge in [0.2, 0.25) is 0 Å². The van der Waals surface area contributed by atoms with E-state index in [1.54, 1.807) is 6.07 Å². The van der Waals surface area contributed by atoms with E-state index in [0.717, 1.165) is 38.4 Å². The van der Waals surface area contributed by atoms with Crippen molar-refractivity contribution in [3.8, 4) is 0 Å². The first-order valence-corrected chi connectivity index (χ1v) is 6.73. The van der Waals surface area contributed by atoms with E-state index in [9.17, 15) is 8.78 Å². The lowest BCUT2D eigenvalue weighted by atomic mass is 9.59. The predicted octanol–water partition coefficient (Wildman–Crippen LogP) is 3.63. The van der Waals surface area contributed by atoms with Crippen LogP contribution >= 0.6 is 0 Å². The molecule has 0 spiro atoms.